The van der Waals surface area contributed by atoms with E-state index in [1.807, 2.05) is 0 Å². The molecule has 0 spiro atoms. The number of likely N-dealkylation sites (N-methyl/N-ethyl adjacent to an activating group) is 1. The Hall–Kier alpha value is -3.23. The summed E-state index contributed by atoms with van der Waals surface area (Å²) >= 11 is 0. The molecule has 9 nitrogen and oxygen atoms in total. The lowest BCUT2D eigenvalue weighted by atomic mass is 10.2. The minimum absolute atomic E-state index is 0.0399. The summed E-state index contributed by atoms with van der Waals surface area (Å²) in [7, 11) is 0. The van der Waals surface area contributed by atoms with Gasteiger partial charge >= 0.3 is 5.69 Å². The number of nitrogens with zero attached hydrogens (tertiary/aromatic N) is 2. The molecule has 1 aromatic carbocycles. The van der Waals surface area contributed by atoms with Crippen LogP contribution in [0.3, 0.4) is 0 Å². The highest BCUT2D eigenvalue weighted by atomic mass is 16.2. The summed E-state index contributed by atoms with van der Waals surface area (Å²) in [6.45, 7) is 2.04. The van der Waals surface area contributed by atoms with Gasteiger partial charge in [0.05, 0.1) is 17.3 Å². The molecular formula is C17H18N4O5. The third kappa shape index (κ3) is 3.15. The van der Waals surface area contributed by atoms with Crippen LogP contribution in [0.4, 0.5) is 0 Å². The number of H-pyrrole nitrogens is 1. The largest absolute Gasteiger partial charge is 0.330 e. The molecule has 1 atom stereocenters. The predicted octanol–water partition coefficient (Wildman–Crippen LogP) is -0.656. The third-order valence-corrected chi connectivity index (χ3v) is 4.44. The standard InChI is InChI=1S/C17H18N4O5/c1-2-20(12-9-13(22)18-16(12)25)14(23)7-8-21-11-6-4-3-5-10(11)15(24)19-17(21)26/h3-6,12H,2,7-9H2,1H3,(H,18,22,25)(H,19,24,26). The van der Waals surface area contributed by atoms with Gasteiger partial charge in [0.2, 0.25) is 17.7 Å². The number of para-hydroxylation sites is 1. The number of carbonyl (C=O) groups excluding carboxylic acids is 3. The van der Waals surface area contributed by atoms with Gasteiger partial charge in [0.25, 0.3) is 5.56 Å². The first-order chi connectivity index (χ1) is 12.4. The molecule has 2 aromatic rings. The van der Waals surface area contributed by atoms with E-state index in [1.165, 1.54) is 9.47 Å². The summed E-state index contributed by atoms with van der Waals surface area (Å²) in [6.07, 6.45) is -0.0955. The van der Waals surface area contributed by atoms with Crippen molar-refractivity contribution in [3.63, 3.8) is 0 Å². The average Bonchev–Trinajstić information content (AvgIpc) is 2.93. The number of fused-ring (bicyclic) bond motifs is 1. The van der Waals surface area contributed by atoms with E-state index in [2.05, 4.69) is 10.3 Å². The van der Waals surface area contributed by atoms with Crippen molar-refractivity contribution in [1.82, 2.24) is 19.8 Å². The maximum atomic E-state index is 12.5. The Morgan fingerprint density at radius 2 is 1.96 bits per heavy atom. The van der Waals surface area contributed by atoms with Crippen molar-refractivity contribution in [3.05, 3.63) is 45.1 Å². The molecule has 1 aliphatic heterocycles. The number of hydrogen-bond acceptors (Lipinski definition) is 5. The number of amides is 3. The van der Waals surface area contributed by atoms with Crippen LogP contribution in [0.25, 0.3) is 10.9 Å². The normalized spacial score (nSPS) is 16.7. The van der Waals surface area contributed by atoms with Gasteiger partial charge in [-0.25, -0.2) is 4.79 Å². The lowest BCUT2D eigenvalue weighted by Crippen LogP contribution is -2.45. The minimum atomic E-state index is -0.816. The van der Waals surface area contributed by atoms with E-state index in [1.54, 1.807) is 31.2 Å². The lowest BCUT2D eigenvalue weighted by molar-refractivity contribution is -0.138. The second-order valence-electron chi connectivity index (χ2n) is 5.99. The number of imide groups is 1. The van der Waals surface area contributed by atoms with E-state index in [0.29, 0.717) is 10.9 Å². The fraction of sp³-hybridized carbons (Fsp3) is 0.353. The van der Waals surface area contributed by atoms with E-state index in [4.69, 9.17) is 0 Å². The van der Waals surface area contributed by atoms with Gasteiger partial charge < -0.3 is 4.90 Å². The van der Waals surface area contributed by atoms with E-state index < -0.39 is 29.1 Å². The number of nitrogens with one attached hydrogen (secondary N) is 2. The Kier molecular flexibility index (Phi) is 4.70. The van der Waals surface area contributed by atoms with Gasteiger partial charge in [0, 0.05) is 19.5 Å². The molecular weight excluding hydrogens is 340 g/mol. The van der Waals surface area contributed by atoms with Crippen molar-refractivity contribution in [2.24, 2.45) is 0 Å². The summed E-state index contributed by atoms with van der Waals surface area (Å²) in [5.41, 5.74) is -0.645. The third-order valence-electron chi connectivity index (χ3n) is 4.44. The van der Waals surface area contributed by atoms with Crippen molar-refractivity contribution in [2.45, 2.75) is 32.4 Å². The molecule has 26 heavy (non-hydrogen) atoms. The molecule has 0 aliphatic carbocycles. The molecule has 1 unspecified atom stereocenters. The first kappa shape index (κ1) is 17.6. The van der Waals surface area contributed by atoms with Crippen LogP contribution in [0.15, 0.2) is 33.9 Å². The molecule has 136 valence electrons. The van der Waals surface area contributed by atoms with Crippen molar-refractivity contribution in [3.8, 4) is 0 Å². The molecule has 0 saturated carbocycles. The minimum Gasteiger partial charge on any atom is -0.330 e. The summed E-state index contributed by atoms with van der Waals surface area (Å²) in [5, 5.41) is 2.54. The Morgan fingerprint density at radius 1 is 1.23 bits per heavy atom. The van der Waals surface area contributed by atoms with Crippen LogP contribution in [-0.4, -0.2) is 44.8 Å². The number of hydrogen-bond donors (Lipinski definition) is 2. The van der Waals surface area contributed by atoms with Gasteiger partial charge in [-0.2, -0.15) is 0 Å². The SMILES string of the molecule is CCN(C(=O)CCn1c(=O)[nH]c(=O)c2ccccc21)C1CC(=O)NC1=O. The Labute approximate surface area is 147 Å². The van der Waals surface area contributed by atoms with Gasteiger partial charge in [0.15, 0.2) is 0 Å². The summed E-state index contributed by atoms with van der Waals surface area (Å²) in [6, 6.07) is 5.80. The van der Waals surface area contributed by atoms with E-state index in [-0.39, 0.29) is 31.8 Å². The highest BCUT2D eigenvalue weighted by Crippen LogP contribution is 2.13. The number of aromatic nitrogens is 2. The zero-order valence-electron chi connectivity index (χ0n) is 14.2. The van der Waals surface area contributed by atoms with Crippen LogP contribution < -0.4 is 16.6 Å². The van der Waals surface area contributed by atoms with Gasteiger partial charge in [-0.3, -0.25) is 34.0 Å². The maximum absolute atomic E-state index is 12.5. The highest BCUT2D eigenvalue weighted by Gasteiger charge is 2.36. The predicted molar refractivity (Wildman–Crippen MR) is 92.4 cm³/mol. The Balaban J connectivity index is 1.83. The molecule has 1 fully saturated rings. The second-order valence-corrected chi connectivity index (χ2v) is 5.99. The number of carbonyl (C=O) groups is 3. The van der Waals surface area contributed by atoms with Crippen molar-refractivity contribution in [1.29, 1.82) is 0 Å². The quantitative estimate of drug-likeness (QED) is 0.688. The first-order valence-corrected chi connectivity index (χ1v) is 8.27. The van der Waals surface area contributed by atoms with Gasteiger partial charge in [-0.15, -0.1) is 0 Å². The van der Waals surface area contributed by atoms with Crippen molar-refractivity contribution < 1.29 is 14.4 Å². The van der Waals surface area contributed by atoms with Crippen LogP contribution in [0.5, 0.6) is 0 Å². The molecule has 0 bridgehead atoms. The molecule has 3 amide bonds. The molecule has 1 saturated heterocycles. The van der Waals surface area contributed by atoms with Crippen LogP contribution in [0.1, 0.15) is 19.8 Å². The first-order valence-electron chi connectivity index (χ1n) is 8.27. The number of benzene rings is 1. The number of rotatable bonds is 5. The zero-order valence-corrected chi connectivity index (χ0v) is 14.2. The van der Waals surface area contributed by atoms with Crippen LogP contribution in [-0.2, 0) is 20.9 Å². The molecule has 0 radical (unpaired) electrons. The summed E-state index contributed by atoms with van der Waals surface area (Å²) in [4.78, 5) is 63.3. The monoisotopic (exact) mass is 358 g/mol. The van der Waals surface area contributed by atoms with Crippen LogP contribution >= 0.6 is 0 Å². The van der Waals surface area contributed by atoms with Gasteiger partial charge in [0.1, 0.15) is 6.04 Å². The summed E-state index contributed by atoms with van der Waals surface area (Å²) < 4.78 is 1.32. The van der Waals surface area contributed by atoms with E-state index >= 15 is 0 Å². The van der Waals surface area contributed by atoms with Crippen molar-refractivity contribution >= 4 is 28.6 Å². The topological polar surface area (TPSA) is 121 Å². The van der Waals surface area contributed by atoms with Crippen LogP contribution in [0.2, 0.25) is 0 Å². The van der Waals surface area contributed by atoms with E-state index in [0.717, 1.165) is 0 Å². The summed E-state index contributed by atoms with van der Waals surface area (Å²) in [5.74, 6) is -1.24. The fourth-order valence-electron chi connectivity index (χ4n) is 3.18. The number of aromatic amines is 1. The molecule has 3 rings (SSSR count). The van der Waals surface area contributed by atoms with Crippen LogP contribution in [0, 0.1) is 0 Å². The second kappa shape index (κ2) is 6.95. The highest BCUT2D eigenvalue weighted by molar-refractivity contribution is 6.06. The molecule has 1 aromatic heterocycles. The number of aryl methyl sites for hydroxylation is 1. The zero-order chi connectivity index (χ0) is 18.8. The smallest absolute Gasteiger partial charge is 0.328 e. The van der Waals surface area contributed by atoms with Gasteiger partial charge in [-0.05, 0) is 19.1 Å². The molecule has 1 aliphatic rings. The Bertz CT molecular complexity index is 1010. The average molecular weight is 358 g/mol. The maximum Gasteiger partial charge on any atom is 0.328 e. The fourth-order valence-corrected chi connectivity index (χ4v) is 3.18. The lowest BCUT2D eigenvalue weighted by Gasteiger charge is -2.25. The molecule has 9 heteroatoms. The van der Waals surface area contributed by atoms with Gasteiger partial charge in [-0.1, -0.05) is 12.1 Å². The van der Waals surface area contributed by atoms with Crippen molar-refractivity contribution in [2.75, 3.05) is 6.54 Å². The Morgan fingerprint density at radius 3 is 2.62 bits per heavy atom. The van der Waals surface area contributed by atoms with E-state index in [9.17, 15) is 24.0 Å². The molecule has 2 N–H and O–H groups in total. The molecule has 2 heterocycles.